The van der Waals surface area contributed by atoms with Crippen LogP contribution in [0.25, 0.3) is 0 Å². The largest absolute Gasteiger partial charge is 0.392 e. The minimum absolute atomic E-state index is 0.0202. The van der Waals surface area contributed by atoms with Crippen LogP contribution in [-0.4, -0.2) is 53.9 Å². The molecule has 1 saturated heterocycles. The van der Waals surface area contributed by atoms with Gasteiger partial charge in [0.2, 0.25) is 5.91 Å². The van der Waals surface area contributed by atoms with Gasteiger partial charge in [0, 0.05) is 26.2 Å². The second kappa shape index (κ2) is 6.12. The van der Waals surface area contributed by atoms with Gasteiger partial charge in [-0.25, -0.2) is 0 Å². The molecule has 1 aliphatic rings. The number of carbonyl (C=O) groups is 1. The molecular formula is C14H19N3OS. The summed E-state index contributed by atoms with van der Waals surface area (Å²) in [5, 5.41) is 0. The van der Waals surface area contributed by atoms with Crippen LogP contribution in [0.4, 0.5) is 0 Å². The first-order valence-corrected chi connectivity index (χ1v) is 6.82. The summed E-state index contributed by atoms with van der Waals surface area (Å²) < 4.78 is 0. The highest BCUT2D eigenvalue weighted by Gasteiger charge is 2.29. The quantitative estimate of drug-likeness (QED) is 0.832. The number of carbonyl (C=O) groups excluding carboxylic acids is 1. The van der Waals surface area contributed by atoms with E-state index in [0.717, 1.165) is 31.7 Å². The smallest absolute Gasteiger partial charge is 0.237 e. The number of likely N-dealkylation sites (N-methyl/N-ethyl adjacent to an activating group) is 1. The summed E-state index contributed by atoms with van der Waals surface area (Å²) in [5.74, 6) is -0.480. The molecule has 1 aromatic rings. The number of piperazine rings is 1. The first-order chi connectivity index (χ1) is 9.09. The van der Waals surface area contributed by atoms with E-state index < -0.39 is 5.92 Å². The summed E-state index contributed by atoms with van der Waals surface area (Å²) in [6.07, 6.45) is 0. The molecule has 0 radical (unpaired) electrons. The van der Waals surface area contributed by atoms with Gasteiger partial charge in [-0.05, 0) is 12.6 Å². The molecule has 0 aromatic heterocycles. The third-order valence-corrected chi connectivity index (χ3v) is 3.72. The molecule has 1 aromatic carbocycles. The highest BCUT2D eigenvalue weighted by molar-refractivity contribution is 7.80. The molecule has 0 saturated carbocycles. The molecule has 1 unspecified atom stereocenters. The molecule has 4 nitrogen and oxygen atoms in total. The van der Waals surface area contributed by atoms with E-state index in [0.29, 0.717) is 0 Å². The van der Waals surface area contributed by atoms with Gasteiger partial charge in [-0.3, -0.25) is 4.79 Å². The van der Waals surface area contributed by atoms with Crippen LogP contribution in [0.15, 0.2) is 30.3 Å². The molecule has 5 heteroatoms. The standard InChI is InChI=1S/C14H19N3OS/c1-16-7-9-17(10-8-16)14(18)12(13(15)19)11-5-3-2-4-6-11/h2-6,12H,7-10H2,1H3,(H2,15,19). The first kappa shape index (κ1) is 14.0. The zero-order valence-corrected chi connectivity index (χ0v) is 11.9. The molecule has 2 N–H and O–H groups in total. The predicted molar refractivity (Wildman–Crippen MR) is 80.0 cm³/mol. The van der Waals surface area contributed by atoms with E-state index in [1.807, 2.05) is 35.2 Å². The maximum absolute atomic E-state index is 12.6. The molecule has 0 spiro atoms. The second-order valence-electron chi connectivity index (χ2n) is 4.87. The molecule has 1 atom stereocenters. The fraction of sp³-hybridized carbons (Fsp3) is 0.429. The number of hydrogen-bond acceptors (Lipinski definition) is 3. The summed E-state index contributed by atoms with van der Waals surface area (Å²) >= 11 is 5.09. The number of nitrogens with two attached hydrogens (primary N) is 1. The third-order valence-electron chi connectivity index (χ3n) is 3.48. The average molecular weight is 277 g/mol. The van der Waals surface area contributed by atoms with E-state index in [2.05, 4.69) is 11.9 Å². The van der Waals surface area contributed by atoms with Crippen molar-refractivity contribution >= 4 is 23.1 Å². The normalized spacial score (nSPS) is 18.1. The van der Waals surface area contributed by atoms with E-state index in [9.17, 15) is 4.79 Å². The highest BCUT2D eigenvalue weighted by Crippen LogP contribution is 2.19. The minimum atomic E-state index is -0.500. The van der Waals surface area contributed by atoms with Crippen molar-refractivity contribution in [1.29, 1.82) is 0 Å². The van der Waals surface area contributed by atoms with E-state index in [1.165, 1.54) is 0 Å². The van der Waals surface area contributed by atoms with Crippen molar-refractivity contribution < 1.29 is 4.79 Å². The molecule has 1 heterocycles. The van der Waals surface area contributed by atoms with Crippen molar-refractivity contribution in [3.63, 3.8) is 0 Å². The maximum atomic E-state index is 12.6. The zero-order chi connectivity index (χ0) is 13.8. The number of amides is 1. The van der Waals surface area contributed by atoms with Crippen LogP contribution < -0.4 is 5.73 Å². The van der Waals surface area contributed by atoms with Crippen LogP contribution in [0.5, 0.6) is 0 Å². The molecule has 2 rings (SSSR count). The van der Waals surface area contributed by atoms with Gasteiger partial charge in [-0.15, -0.1) is 0 Å². The van der Waals surface area contributed by atoms with Gasteiger partial charge < -0.3 is 15.5 Å². The van der Waals surface area contributed by atoms with Crippen LogP contribution in [0.2, 0.25) is 0 Å². The Bertz CT molecular complexity index is 455. The van der Waals surface area contributed by atoms with E-state index >= 15 is 0 Å². The minimum Gasteiger partial charge on any atom is -0.392 e. The van der Waals surface area contributed by atoms with Crippen LogP contribution in [0.3, 0.4) is 0 Å². The third kappa shape index (κ3) is 3.30. The summed E-state index contributed by atoms with van der Waals surface area (Å²) in [7, 11) is 2.06. The fourth-order valence-electron chi connectivity index (χ4n) is 2.28. The van der Waals surface area contributed by atoms with Crippen LogP contribution in [0, 0.1) is 0 Å². The van der Waals surface area contributed by atoms with Gasteiger partial charge in [0.15, 0.2) is 0 Å². The Morgan fingerprint density at radius 3 is 2.32 bits per heavy atom. The lowest BCUT2D eigenvalue weighted by molar-refractivity contribution is -0.132. The lowest BCUT2D eigenvalue weighted by Crippen LogP contribution is -2.50. The molecule has 1 fully saturated rings. The Morgan fingerprint density at radius 2 is 1.79 bits per heavy atom. The van der Waals surface area contributed by atoms with Gasteiger partial charge in [-0.2, -0.15) is 0 Å². The zero-order valence-electron chi connectivity index (χ0n) is 11.1. The van der Waals surface area contributed by atoms with E-state index in [1.54, 1.807) is 0 Å². The monoisotopic (exact) mass is 277 g/mol. The lowest BCUT2D eigenvalue weighted by Gasteiger charge is -2.34. The molecule has 1 amide bonds. The average Bonchev–Trinajstić information content (AvgIpc) is 2.40. The van der Waals surface area contributed by atoms with E-state index in [4.69, 9.17) is 18.0 Å². The lowest BCUT2D eigenvalue weighted by atomic mass is 9.97. The van der Waals surface area contributed by atoms with Crippen molar-refractivity contribution in [2.45, 2.75) is 5.92 Å². The van der Waals surface area contributed by atoms with Crippen LogP contribution in [-0.2, 0) is 4.79 Å². The molecule has 0 bridgehead atoms. The molecule has 0 aliphatic carbocycles. The second-order valence-corrected chi connectivity index (χ2v) is 5.35. The van der Waals surface area contributed by atoms with Gasteiger partial charge in [0.1, 0.15) is 5.92 Å². The maximum Gasteiger partial charge on any atom is 0.237 e. The number of benzene rings is 1. The summed E-state index contributed by atoms with van der Waals surface area (Å²) in [6.45, 7) is 3.26. The van der Waals surface area contributed by atoms with Gasteiger partial charge in [0.05, 0.1) is 4.99 Å². The molecule has 1 aliphatic heterocycles. The van der Waals surface area contributed by atoms with Crippen molar-refractivity contribution in [2.75, 3.05) is 33.2 Å². The summed E-state index contributed by atoms with van der Waals surface area (Å²) in [4.78, 5) is 16.9. The Labute approximate surface area is 119 Å². The van der Waals surface area contributed by atoms with Crippen molar-refractivity contribution in [3.05, 3.63) is 35.9 Å². The van der Waals surface area contributed by atoms with Gasteiger partial charge in [-0.1, -0.05) is 42.5 Å². The van der Waals surface area contributed by atoms with Crippen molar-refractivity contribution in [3.8, 4) is 0 Å². The first-order valence-electron chi connectivity index (χ1n) is 6.41. The number of rotatable bonds is 3. The van der Waals surface area contributed by atoms with Crippen LogP contribution in [0.1, 0.15) is 11.5 Å². The SMILES string of the molecule is CN1CCN(C(=O)C(C(N)=S)c2ccccc2)CC1. The number of thiocarbonyl (C=S) groups is 1. The fourth-order valence-corrected chi connectivity index (χ4v) is 2.52. The Hall–Kier alpha value is -1.46. The summed E-state index contributed by atoms with van der Waals surface area (Å²) in [6, 6.07) is 9.52. The van der Waals surface area contributed by atoms with Gasteiger partial charge >= 0.3 is 0 Å². The van der Waals surface area contributed by atoms with Crippen molar-refractivity contribution in [2.24, 2.45) is 5.73 Å². The topological polar surface area (TPSA) is 49.6 Å². The molecular weight excluding hydrogens is 258 g/mol. The Morgan fingerprint density at radius 1 is 1.21 bits per heavy atom. The van der Waals surface area contributed by atoms with Gasteiger partial charge in [0.25, 0.3) is 0 Å². The Kier molecular flexibility index (Phi) is 4.50. The van der Waals surface area contributed by atoms with E-state index in [-0.39, 0.29) is 10.9 Å². The molecule has 102 valence electrons. The van der Waals surface area contributed by atoms with Crippen molar-refractivity contribution in [1.82, 2.24) is 9.80 Å². The predicted octanol–water partition coefficient (Wildman–Crippen LogP) is 0.830. The molecule has 19 heavy (non-hydrogen) atoms. The summed E-state index contributed by atoms with van der Waals surface area (Å²) in [5.41, 5.74) is 6.65. The van der Waals surface area contributed by atoms with Crippen LogP contribution >= 0.6 is 12.2 Å². The number of nitrogens with zero attached hydrogens (tertiary/aromatic N) is 2. The highest BCUT2D eigenvalue weighted by atomic mass is 32.1. The Balaban J connectivity index is 2.16. The number of hydrogen-bond donors (Lipinski definition) is 1.